The standard InChI is InChI=1S/C13H6ClF2N3O2/c14-7-1-4-11(17-6-7)13(19-18-12(20)21-13)9-3-2-8(15)5-10(9)16/h1-6H. The number of ether oxygens (including phenoxy) is 1. The highest BCUT2D eigenvalue weighted by Gasteiger charge is 2.46. The van der Waals surface area contributed by atoms with Crippen LogP contribution in [0.25, 0.3) is 0 Å². The van der Waals surface area contributed by atoms with E-state index in [0.717, 1.165) is 12.1 Å². The first-order valence-electron chi connectivity index (χ1n) is 5.75. The summed E-state index contributed by atoms with van der Waals surface area (Å²) in [6, 6.07) is 5.71. The van der Waals surface area contributed by atoms with Crippen molar-refractivity contribution in [2.45, 2.75) is 5.72 Å². The van der Waals surface area contributed by atoms with Crippen LogP contribution in [0.3, 0.4) is 0 Å². The second kappa shape index (κ2) is 4.85. The van der Waals surface area contributed by atoms with Gasteiger partial charge in [0.1, 0.15) is 17.3 Å². The second-order valence-electron chi connectivity index (χ2n) is 4.20. The fourth-order valence-electron chi connectivity index (χ4n) is 1.97. The number of pyridine rings is 1. The van der Waals surface area contributed by atoms with Crippen molar-refractivity contribution >= 4 is 17.7 Å². The molecule has 0 bridgehead atoms. The summed E-state index contributed by atoms with van der Waals surface area (Å²) in [4.78, 5) is 15.3. The zero-order valence-electron chi connectivity index (χ0n) is 10.3. The monoisotopic (exact) mass is 309 g/mol. The molecule has 0 fully saturated rings. The molecule has 0 aliphatic carbocycles. The maximum atomic E-state index is 14.1. The summed E-state index contributed by atoms with van der Waals surface area (Å²) in [5.74, 6) is -1.70. The average Bonchev–Trinajstić information content (AvgIpc) is 2.82. The minimum Gasteiger partial charge on any atom is -0.406 e. The number of cyclic esters (lactones) is 1. The number of benzene rings is 1. The molecule has 106 valence electrons. The van der Waals surface area contributed by atoms with Crippen molar-refractivity contribution < 1.29 is 18.3 Å². The van der Waals surface area contributed by atoms with Gasteiger partial charge in [0.2, 0.25) is 0 Å². The van der Waals surface area contributed by atoms with Crippen LogP contribution in [0.5, 0.6) is 0 Å². The second-order valence-corrected chi connectivity index (χ2v) is 4.63. The Morgan fingerprint density at radius 2 is 2.00 bits per heavy atom. The molecule has 2 heterocycles. The molecule has 1 unspecified atom stereocenters. The zero-order chi connectivity index (χ0) is 15.0. The van der Waals surface area contributed by atoms with Gasteiger partial charge in [-0.15, -0.1) is 5.11 Å². The number of nitrogens with zero attached hydrogens (tertiary/aromatic N) is 3. The Morgan fingerprint density at radius 3 is 2.57 bits per heavy atom. The topological polar surface area (TPSA) is 63.9 Å². The third-order valence-corrected chi connectivity index (χ3v) is 3.10. The van der Waals surface area contributed by atoms with Crippen LogP contribution in [0, 0.1) is 11.6 Å². The molecule has 21 heavy (non-hydrogen) atoms. The van der Waals surface area contributed by atoms with Gasteiger partial charge in [0.15, 0.2) is 0 Å². The van der Waals surface area contributed by atoms with Crippen LogP contribution in [0.4, 0.5) is 13.6 Å². The lowest BCUT2D eigenvalue weighted by Gasteiger charge is -2.23. The van der Waals surface area contributed by atoms with Gasteiger partial charge in [-0.3, -0.25) is 4.98 Å². The number of amides is 1. The van der Waals surface area contributed by atoms with E-state index >= 15 is 0 Å². The van der Waals surface area contributed by atoms with Gasteiger partial charge in [-0.1, -0.05) is 16.7 Å². The first-order valence-corrected chi connectivity index (χ1v) is 6.12. The van der Waals surface area contributed by atoms with Gasteiger partial charge in [0, 0.05) is 12.3 Å². The minimum atomic E-state index is -1.88. The Bertz CT molecular complexity index is 752. The van der Waals surface area contributed by atoms with E-state index in [1.54, 1.807) is 0 Å². The smallest absolute Gasteiger partial charge is 0.406 e. The van der Waals surface area contributed by atoms with Crippen molar-refractivity contribution in [2.75, 3.05) is 0 Å². The Kier molecular flexibility index (Phi) is 3.13. The lowest BCUT2D eigenvalue weighted by Crippen LogP contribution is -2.29. The molecular weight excluding hydrogens is 304 g/mol. The Hall–Kier alpha value is -2.41. The van der Waals surface area contributed by atoms with Crippen LogP contribution in [0.1, 0.15) is 11.3 Å². The molecule has 0 spiro atoms. The van der Waals surface area contributed by atoms with Gasteiger partial charge in [-0.2, -0.15) is 0 Å². The SMILES string of the molecule is O=C1N=NC(c2ccc(Cl)cn2)(c2ccc(F)cc2F)O1. The van der Waals surface area contributed by atoms with E-state index in [1.807, 2.05) is 0 Å². The lowest BCUT2D eigenvalue weighted by molar-refractivity contribution is 0.0685. The van der Waals surface area contributed by atoms with Crippen molar-refractivity contribution in [3.63, 3.8) is 0 Å². The third-order valence-electron chi connectivity index (χ3n) is 2.88. The predicted octanol–water partition coefficient (Wildman–Crippen LogP) is 3.82. The van der Waals surface area contributed by atoms with Crippen molar-refractivity contribution in [3.05, 3.63) is 64.4 Å². The maximum absolute atomic E-state index is 14.1. The van der Waals surface area contributed by atoms with Crippen molar-refractivity contribution in [1.82, 2.24) is 4.98 Å². The van der Waals surface area contributed by atoms with Gasteiger partial charge in [0.25, 0.3) is 5.72 Å². The highest BCUT2D eigenvalue weighted by Crippen LogP contribution is 2.40. The third kappa shape index (κ3) is 2.25. The van der Waals surface area contributed by atoms with E-state index in [2.05, 4.69) is 15.2 Å². The van der Waals surface area contributed by atoms with E-state index < -0.39 is 23.5 Å². The molecule has 1 aromatic carbocycles. The largest absolute Gasteiger partial charge is 0.455 e. The van der Waals surface area contributed by atoms with Gasteiger partial charge in [-0.25, -0.2) is 13.6 Å². The molecule has 0 N–H and O–H groups in total. The van der Waals surface area contributed by atoms with Crippen LogP contribution < -0.4 is 0 Å². The average molecular weight is 310 g/mol. The van der Waals surface area contributed by atoms with Crippen molar-refractivity contribution in [1.29, 1.82) is 0 Å². The molecule has 5 nitrogen and oxygen atoms in total. The van der Waals surface area contributed by atoms with Crippen LogP contribution in [-0.2, 0) is 10.5 Å². The van der Waals surface area contributed by atoms with Crippen molar-refractivity contribution in [3.8, 4) is 0 Å². The molecular formula is C13H6ClF2N3O2. The first kappa shape index (κ1) is 13.6. The summed E-state index contributed by atoms with van der Waals surface area (Å²) >= 11 is 5.74. The highest BCUT2D eigenvalue weighted by molar-refractivity contribution is 6.30. The number of azo groups is 1. The maximum Gasteiger partial charge on any atom is 0.455 e. The first-order chi connectivity index (χ1) is 10.0. The van der Waals surface area contributed by atoms with E-state index in [9.17, 15) is 13.6 Å². The fourth-order valence-corrected chi connectivity index (χ4v) is 2.08. The van der Waals surface area contributed by atoms with Gasteiger partial charge >= 0.3 is 6.09 Å². The molecule has 2 aromatic rings. The number of carbonyl (C=O) groups is 1. The summed E-state index contributed by atoms with van der Waals surface area (Å²) in [6.45, 7) is 0. The molecule has 0 saturated heterocycles. The van der Waals surface area contributed by atoms with Crippen LogP contribution in [0.2, 0.25) is 5.02 Å². The van der Waals surface area contributed by atoms with Crippen LogP contribution in [0.15, 0.2) is 46.8 Å². The summed E-state index contributed by atoms with van der Waals surface area (Å²) < 4.78 is 32.2. The molecule has 1 atom stereocenters. The molecule has 1 aliphatic rings. The van der Waals surface area contributed by atoms with Gasteiger partial charge in [0.05, 0.1) is 10.6 Å². The Balaban J connectivity index is 2.21. The van der Waals surface area contributed by atoms with Crippen molar-refractivity contribution in [2.24, 2.45) is 10.2 Å². The number of hydrogen-bond acceptors (Lipinski definition) is 4. The van der Waals surface area contributed by atoms with E-state index in [0.29, 0.717) is 11.1 Å². The quantitative estimate of drug-likeness (QED) is 0.847. The molecule has 0 saturated carbocycles. The molecule has 1 amide bonds. The number of hydrogen-bond donors (Lipinski definition) is 0. The molecule has 1 aliphatic heterocycles. The summed E-state index contributed by atoms with van der Waals surface area (Å²) in [5, 5.41) is 7.30. The minimum absolute atomic E-state index is 0.104. The van der Waals surface area contributed by atoms with Crippen LogP contribution in [-0.4, -0.2) is 11.1 Å². The zero-order valence-corrected chi connectivity index (χ0v) is 11.0. The molecule has 3 rings (SSSR count). The number of aromatic nitrogens is 1. The predicted molar refractivity (Wildman–Crippen MR) is 67.7 cm³/mol. The number of carbonyl (C=O) groups excluding carboxylic acids is 1. The van der Waals surface area contributed by atoms with E-state index in [4.69, 9.17) is 16.3 Å². The summed E-state index contributed by atoms with van der Waals surface area (Å²) in [7, 11) is 0. The molecule has 1 aromatic heterocycles. The Morgan fingerprint density at radius 1 is 1.19 bits per heavy atom. The van der Waals surface area contributed by atoms with Gasteiger partial charge < -0.3 is 4.74 Å². The summed E-state index contributed by atoms with van der Waals surface area (Å²) in [6.07, 6.45) is 0.303. The number of halogens is 3. The van der Waals surface area contributed by atoms with E-state index in [1.165, 1.54) is 18.3 Å². The van der Waals surface area contributed by atoms with E-state index in [-0.39, 0.29) is 11.3 Å². The number of rotatable bonds is 2. The molecule has 0 radical (unpaired) electrons. The lowest BCUT2D eigenvalue weighted by atomic mass is 9.98. The normalized spacial score (nSPS) is 20.6. The summed E-state index contributed by atoms with van der Waals surface area (Å²) in [5.41, 5.74) is -1.94. The fraction of sp³-hybridized carbons (Fsp3) is 0.0769. The highest BCUT2D eigenvalue weighted by atomic mass is 35.5. The van der Waals surface area contributed by atoms with Gasteiger partial charge in [-0.05, 0) is 24.3 Å². The molecule has 8 heteroatoms. The van der Waals surface area contributed by atoms with Crippen LogP contribution >= 0.6 is 11.6 Å². The Labute approximate surface area is 122 Å².